The van der Waals surface area contributed by atoms with Gasteiger partial charge in [0.15, 0.2) is 0 Å². The van der Waals surface area contributed by atoms with Crippen LogP contribution < -0.4 is 0 Å². The van der Waals surface area contributed by atoms with Gasteiger partial charge in [-0.3, -0.25) is 4.11 Å². The molecule has 0 bridgehead atoms. The van der Waals surface area contributed by atoms with Gasteiger partial charge in [-0.05, 0) is 6.55 Å². The molecule has 0 aliphatic rings. The minimum Gasteiger partial charge on any atom is -0.281 e. The van der Waals surface area contributed by atoms with Crippen LogP contribution in [0.3, 0.4) is 0 Å². The molecule has 0 fully saturated rings. The molecule has 0 saturated carbocycles. The fourth-order valence-electron chi connectivity index (χ4n) is 0.0629. The number of isocyanates is 1. The van der Waals surface area contributed by atoms with Crippen molar-refractivity contribution in [3.63, 3.8) is 0 Å². The number of hydrogen-bond acceptors (Lipinski definition) is 2. The van der Waals surface area contributed by atoms with Gasteiger partial charge in [0.1, 0.15) is 0 Å². The van der Waals surface area contributed by atoms with Gasteiger partial charge in [0, 0.05) is 0 Å². The van der Waals surface area contributed by atoms with Crippen LogP contribution >= 0.6 is 0 Å². The summed E-state index contributed by atoms with van der Waals surface area (Å²) in [6.45, 7) is 1.26. The lowest BCUT2D eigenvalue weighted by molar-refractivity contribution is 0.565. The van der Waals surface area contributed by atoms with Crippen LogP contribution in [-0.2, 0) is 4.79 Å². The highest BCUT2D eigenvalue weighted by Gasteiger charge is 1.94. The van der Waals surface area contributed by atoms with Crippen LogP contribution in [0.15, 0.2) is 4.66 Å². The molecule has 0 N–H and O–H groups in total. The third-order valence-electron chi connectivity index (χ3n) is 0.200. The SMILES string of the molecule is C[Si](F)N=C=O. The zero-order valence-corrected chi connectivity index (χ0v) is 4.23. The Kier molecular flexibility index (Phi) is 2.53. The van der Waals surface area contributed by atoms with Crippen molar-refractivity contribution in [2.24, 2.45) is 4.66 Å². The Balaban J connectivity index is 3.29. The molecule has 0 rings (SSSR count). The van der Waals surface area contributed by atoms with Crippen molar-refractivity contribution in [2.45, 2.75) is 6.55 Å². The summed E-state index contributed by atoms with van der Waals surface area (Å²) in [6.07, 6.45) is 1.11. The zero-order valence-electron chi connectivity index (χ0n) is 3.23. The Morgan fingerprint density at radius 3 is 2.50 bits per heavy atom. The first-order chi connectivity index (χ1) is 2.77. The maximum atomic E-state index is 11.4. The monoisotopic (exact) mass is 104 g/mol. The van der Waals surface area contributed by atoms with E-state index in [4.69, 9.17) is 4.79 Å². The summed E-state index contributed by atoms with van der Waals surface area (Å²) in [6, 6.07) is 0. The minimum atomic E-state index is -2.18. The summed E-state index contributed by atoms with van der Waals surface area (Å²) in [7, 11) is -2.18. The molecule has 0 saturated heterocycles. The van der Waals surface area contributed by atoms with Crippen LogP contribution in [0.5, 0.6) is 0 Å². The second-order valence-corrected chi connectivity index (χ2v) is 1.92. The van der Waals surface area contributed by atoms with Crippen LogP contribution in [0.2, 0.25) is 6.55 Å². The summed E-state index contributed by atoms with van der Waals surface area (Å²) in [4.78, 5) is 9.11. The van der Waals surface area contributed by atoms with Gasteiger partial charge in [-0.1, -0.05) is 0 Å². The molecular formula is C2H3FNOSi. The maximum Gasteiger partial charge on any atom is 0.420 e. The first-order valence-corrected chi connectivity index (χ1v) is 3.17. The summed E-state index contributed by atoms with van der Waals surface area (Å²) in [5, 5.41) is 0. The second kappa shape index (κ2) is 2.75. The van der Waals surface area contributed by atoms with E-state index in [1.54, 1.807) is 0 Å². The molecule has 1 radical (unpaired) electrons. The average molecular weight is 104 g/mol. The van der Waals surface area contributed by atoms with E-state index in [1.807, 2.05) is 0 Å². The van der Waals surface area contributed by atoms with Crippen molar-refractivity contribution in [2.75, 3.05) is 0 Å². The molecule has 6 heavy (non-hydrogen) atoms. The van der Waals surface area contributed by atoms with Gasteiger partial charge in [0.25, 0.3) is 0 Å². The van der Waals surface area contributed by atoms with Gasteiger partial charge >= 0.3 is 9.29 Å². The van der Waals surface area contributed by atoms with Crippen molar-refractivity contribution in [1.82, 2.24) is 0 Å². The third kappa shape index (κ3) is 3.53. The van der Waals surface area contributed by atoms with Crippen LogP contribution in [0.1, 0.15) is 0 Å². The number of halogens is 1. The summed E-state index contributed by atoms with van der Waals surface area (Å²) in [5.41, 5.74) is 0. The quantitative estimate of drug-likeness (QED) is 0.205. The molecule has 0 aliphatic heterocycles. The lowest BCUT2D eigenvalue weighted by atomic mass is 11.7. The lowest BCUT2D eigenvalue weighted by Gasteiger charge is -1.71. The standard InChI is InChI=1S/C2H3FNOSi/c1-6(3)4-2-5/h1H3. The van der Waals surface area contributed by atoms with E-state index in [2.05, 4.69) is 4.66 Å². The van der Waals surface area contributed by atoms with E-state index in [-0.39, 0.29) is 0 Å². The van der Waals surface area contributed by atoms with E-state index in [0.717, 1.165) is 6.08 Å². The van der Waals surface area contributed by atoms with E-state index >= 15 is 0 Å². The van der Waals surface area contributed by atoms with Crippen molar-refractivity contribution >= 4 is 15.4 Å². The summed E-state index contributed by atoms with van der Waals surface area (Å²) < 4.78 is 14.1. The van der Waals surface area contributed by atoms with Gasteiger partial charge < -0.3 is 0 Å². The topological polar surface area (TPSA) is 29.4 Å². The van der Waals surface area contributed by atoms with E-state index < -0.39 is 9.29 Å². The fourth-order valence-corrected chi connectivity index (χ4v) is 0.189. The largest absolute Gasteiger partial charge is 0.420 e. The Hall–Kier alpha value is -0.473. The summed E-state index contributed by atoms with van der Waals surface area (Å²) >= 11 is 0. The predicted octanol–water partition coefficient (Wildman–Crippen LogP) is 0.410. The number of nitrogens with zero attached hydrogens (tertiary/aromatic N) is 1. The molecule has 0 aromatic heterocycles. The molecule has 2 nitrogen and oxygen atoms in total. The molecule has 0 aliphatic carbocycles. The van der Waals surface area contributed by atoms with Crippen molar-refractivity contribution < 1.29 is 8.90 Å². The van der Waals surface area contributed by atoms with Crippen molar-refractivity contribution in [3.8, 4) is 0 Å². The average Bonchev–Trinajstić information content (AvgIpc) is 1.35. The van der Waals surface area contributed by atoms with Crippen LogP contribution in [0, 0.1) is 0 Å². The Bertz CT molecular complexity index is 77.6. The van der Waals surface area contributed by atoms with Crippen LogP contribution in [0.25, 0.3) is 0 Å². The van der Waals surface area contributed by atoms with Gasteiger partial charge in [0.05, 0.1) is 0 Å². The Morgan fingerprint density at radius 1 is 2.00 bits per heavy atom. The second-order valence-electron chi connectivity index (χ2n) is 0.700. The maximum absolute atomic E-state index is 11.4. The van der Waals surface area contributed by atoms with Crippen LogP contribution in [-0.4, -0.2) is 15.4 Å². The zero-order chi connectivity index (χ0) is 4.99. The molecule has 0 spiro atoms. The summed E-state index contributed by atoms with van der Waals surface area (Å²) in [5.74, 6) is 0. The van der Waals surface area contributed by atoms with E-state index in [9.17, 15) is 4.11 Å². The number of hydrogen-bond donors (Lipinski definition) is 0. The highest BCUT2D eigenvalue weighted by atomic mass is 28.3. The van der Waals surface area contributed by atoms with Gasteiger partial charge in [-0.25, -0.2) is 9.45 Å². The smallest absolute Gasteiger partial charge is 0.281 e. The molecule has 0 amide bonds. The van der Waals surface area contributed by atoms with E-state index in [0.29, 0.717) is 0 Å². The molecular weight excluding hydrogens is 101 g/mol. The highest BCUT2D eigenvalue weighted by Crippen LogP contribution is 1.77. The van der Waals surface area contributed by atoms with Crippen LogP contribution in [0.4, 0.5) is 4.11 Å². The Labute approximate surface area is 36.6 Å². The number of carbonyl (C=O) groups excluding carboxylic acids is 1. The van der Waals surface area contributed by atoms with Gasteiger partial charge in [-0.2, -0.15) is 0 Å². The van der Waals surface area contributed by atoms with E-state index in [1.165, 1.54) is 6.55 Å². The third-order valence-corrected chi connectivity index (χ3v) is 0.599. The number of rotatable bonds is 1. The fraction of sp³-hybridized carbons (Fsp3) is 0.500. The molecule has 0 aromatic rings. The Morgan fingerprint density at radius 2 is 2.50 bits per heavy atom. The first kappa shape index (κ1) is 5.53. The first-order valence-electron chi connectivity index (χ1n) is 1.34. The van der Waals surface area contributed by atoms with Crippen molar-refractivity contribution in [3.05, 3.63) is 0 Å². The normalized spacial score (nSPS) is 7.83. The molecule has 4 heteroatoms. The van der Waals surface area contributed by atoms with Gasteiger partial charge in [0.2, 0.25) is 6.08 Å². The molecule has 0 unspecified atom stereocenters. The predicted molar refractivity (Wildman–Crippen MR) is 20.8 cm³/mol. The molecule has 0 aromatic carbocycles. The minimum absolute atomic E-state index is 1.11. The highest BCUT2D eigenvalue weighted by molar-refractivity contribution is 6.48. The van der Waals surface area contributed by atoms with Crippen molar-refractivity contribution in [1.29, 1.82) is 0 Å². The van der Waals surface area contributed by atoms with Gasteiger partial charge in [-0.15, -0.1) is 0 Å². The lowest BCUT2D eigenvalue weighted by Crippen LogP contribution is -1.88. The molecule has 0 atom stereocenters. The molecule has 33 valence electrons. The molecule has 0 heterocycles.